The number of nitrogens with zero attached hydrogens (tertiary/aromatic N) is 5. The van der Waals surface area contributed by atoms with Gasteiger partial charge in [0.25, 0.3) is 0 Å². The lowest BCUT2D eigenvalue weighted by Gasteiger charge is -2.30. The van der Waals surface area contributed by atoms with Gasteiger partial charge in [-0.1, -0.05) is 30.3 Å². The van der Waals surface area contributed by atoms with Gasteiger partial charge in [-0.2, -0.15) is 5.10 Å². The van der Waals surface area contributed by atoms with Gasteiger partial charge in [0, 0.05) is 48.8 Å². The van der Waals surface area contributed by atoms with Crippen molar-refractivity contribution in [2.24, 2.45) is 7.05 Å². The van der Waals surface area contributed by atoms with Crippen molar-refractivity contribution in [2.45, 2.75) is 19.0 Å². The van der Waals surface area contributed by atoms with Gasteiger partial charge in [0.15, 0.2) is 0 Å². The van der Waals surface area contributed by atoms with Crippen LogP contribution in [-0.2, 0) is 20.1 Å². The highest BCUT2D eigenvalue weighted by molar-refractivity contribution is 7.09. The molecule has 0 aliphatic carbocycles. The fourth-order valence-electron chi connectivity index (χ4n) is 3.71. The molecule has 0 saturated heterocycles. The van der Waals surface area contributed by atoms with Crippen LogP contribution in [0.4, 0.5) is 0 Å². The first-order chi connectivity index (χ1) is 13.3. The zero-order valence-electron chi connectivity index (χ0n) is 15.0. The number of aromatic amines is 1. The molecule has 0 radical (unpaired) electrons. The lowest BCUT2D eigenvalue weighted by Crippen LogP contribution is -2.33. The summed E-state index contributed by atoms with van der Waals surface area (Å²) < 4.78 is 1.85. The van der Waals surface area contributed by atoms with Gasteiger partial charge < -0.3 is 4.98 Å². The zero-order valence-corrected chi connectivity index (χ0v) is 15.9. The third-order valence-corrected chi connectivity index (χ3v) is 5.85. The van der Waals surface area contributed by atoms with Gasteiger partial charge in [0.1, 0.15) is 5.01 Å². The topological polar surface area (TPSA) is 62.6 Å². The van der Waals surface area contributed by atoms with Crippen LogP contribution in [0.1, 0.15) is 27.9 Å². The van der Waals surface area contributed by atoms with Crippen LogP contribution in [0, 0.1) is 0 Å². The minimum Gasteiger partial charge on any atom is -0.347 e. The number of aromatic nitrogens is 5. The number of hydrogen-bond acceptors (Lipinski definition) is 5. The standard InChI is InChI=1S/C20H20N6S/c1-25-8-15(7-23-25)16-9-26(10-17-20(16)22-13-21-17)11-19-24-18(12-27-19)14-5-3-2-4-6-14/h2-8,12-13,16H,9-11H2,1H3,(H,21,22). The summed E-state index contributed by atoms with van der Waals surface area (Å²) in [6.45, 7) is 2.63. The molecule has 0 spiro atoms. The molecule has 0 saturated carbocycles. The molecule has 1 aliphatic heterocycles. The number of H-pyrrole nitrogens is 1. The van der Waals surface area contributed by atoms with Crippen LogP contribution in [0.2, 0.25) is 0 Å². The number of imidazole rings is 1. The summed E-state index contributed by atoms with van der Waals surface area (Å²) in [5.41, 5.74) is 5.76. The summed E-state index contributed by atoms with van der Waals surface area (Å²) in [5.74, 6) is 0.238. The first-order valence-corrected chi connectivity index (χ1v) is 9.87. The first kappa shape index (κ1) is 16.4. The maximum atomic E-state index is 4.85. The number of fused-ring (bicyclic) bond motifs is 1. The van der Waals surface area contributed by atoms with Gasteiger partial charge in [-0.3, -0.25) is 9.58 Å². The second kappa shape index (κ2) is 6.75. The summed E-state index contributed by atoms with van der Waals surface area (Å²) in [6.07, 6.45) is 5.83. The van der Waals surface area contributed by atoms with Crippen LogP contribution in [0.15, 0.2) is 54.4 Å². The fourth-order valence-corrected chi connectivity index (χ4v) is 4.56. The van der Waals surface area contributed by atoms with E-state index in [1.807, 2.05) is 24.0 Å². The summed E-state index contributed by atoms with van der Waals surface area (Å²) in [6, 6.07) is 10.4. The number of aryl methyl sites for hydroxylation is 1. The Morgan fingerprint density at radius 3 is 2.96 bits per heavy atom. The second-order valence-corrected chi connectivity index (χ2v) is 7.87. The van der Waals surface area contributed by atoms with E-state index in [4.69, 9.17) is 4.98 Å². The molecule has 136 valence electrons. The highest BCUT2D eigenvalue weighted by atomic mass is 32.1. The van der Waals surface area contributed by atoms with E-state index in [0.717, 1.165) is 36.0 Å². The van der Waals surface area contributed by atoms with Gasteiger partial charge in [0.2, 0.25) is 0 Å². The Kier molecular flexibility index (Phi) is 4.10. The van der Waals surface area contributed by atoms with E-state index in [-0.39, 0.29) is 5.92 Å². The van der Waals surface area contributed by atoms with Crippen LogP contribution in [-0.4, -0.2) is 36.2 Å². The largest absolute Gasteiger partial charge is 0.347 e. The third-order valence-electron chi connectivity index (χ3n) is 5.01. The molecular weight excluding hydrogens is 356 g/mol. The number of thiazole rings is 1. The minimum absolute atomic E-state index is 0.238. The van der Waals surface area contributed by atoms with E-state index in [1.165, 1.54) is 16.8 Å². The Morgan fingerprint density at radius 1 is 1.26 bits per heavy atom. The number of benzene rings is 1. The normalized spacial score (nSPS) is 17.1. The molecule has 0 amide bonds. The maximum Gasteiger partial charge on any atom is 0.107 e. The van der Waals surface area contributed by atoms with E-state index in [9.17, 15) is 0 Å². The summed E-state index contributed by atoms with van der Waals surface area (Å²) in [5, 5.41) is 7.63. The van der Waals surface area contributed by atoms with E-state index in [0.29, 0.717) is 0 Å². The molecular formula is C20H20N6S. The maximum absolute atomic E-state index is 4.85. The monoisotopic (exact) mass is 376 g/mol. The molecule has 1 unspecified atom stereocenters. The number of nitrogens with one attached hydrogen (secondary N) is 1. The Morgan fingerprint density at radius 2 is 2.15 bits per heavy atom. The zero-order chi connectivity index (χ0) is 18.2. The van der Waals surface area contributed by atoms with E-state index in [1.54, 1.807) is 17.7 Å². The average Bonchev–Trinajstić information content (AvgIpc) is 3.42. The molecule has 1 atom stereocenters. The summed E-state index contributed by atoms with van der Waals surface area (Å²) in [4.78, 5) is 15.2. The molecule has 1 N–H and O–H groups in total. The minimum atomic E-state index is 0.238. The predicted octanol–water partition coefficient (Wildman–Crippen LogP) is 3.41. The van der Waals surface area contributed by atoms with Crippen molar-refractivity contribution in [3.8, 4) is 11.3 Å². The van der Waals surface area contributed by atoms with E-state index in [2.05, 4.69) is 55.8 Å². The molecule has 4 heterocycles. The van der Waals surface area contributed by atoms with Crippen molar-refractivity contribution < 1.29 is 0 Å². The molecule has 27 heavy (non-hydrogen) atoms. The quantitative estimate of drug-likeness (QED) is 0.593. The van der Waals surface area contributed by atoms with Gasteiger partial charge >= 0.3 is 0 Å². The molecule has 0 fully saturated rings. The van der Waals surface area contributed by atoms with Crippen molar-refractivity contribution in [3.05, 3.63) is 76.4 Å². The van der Waals surface area contributed by atoms with Crippen LogP contribution < -0.4 is 0 Å². The van der Waals surface area contributed by atoms with Gasteiger partial charge in [0.05, 0.1) is 36.2 Å². The van der Waals surface area contributed by atoms with Gasteiger partial charge in [-0.25, -0.2) is 9.97 Å². The molecule has 1 aliphatic rings. The highest BCUT2D eigenvalue weighted by Crippen LogP contribution is 2.32. The predicted molar refractivity (Wildman–Crippen MR) is 105 cm³/mol. The van der Waals surface area contributed by atoms with Crippen molar-refractivity contribution in [1.82, 2.24) is 29.6 Å². The van der Waals surface area contributed by atoms with Gasteiger partial charge in [-0.15, -0.1) is 11.3 Å². The molecule has 7 heteroatoms. The van der Waals surface area contributed by atoms with Crippen LogP contribution >= 0.6 is 11.3 Å². The molecule has 0 bridgehead atoms. The van der Waals surface area contributed by atoms with Crippen LogP contribution in [0.25, 0.3) is 11.3 Å². The SMILES string of the molecule is Cn1cc(C2CN(Cc3nc(-c4ccccc4)cs3)Cc3[nH]cnc32)cn1. The Balaban J connectivity index is 1.38. The highest BCUT2D eigenvalue weighted by Gasteiger charge is 2.30. The lowest BCUT2D eigenvalue weighted by molar-refractivity contribution is 0.227. The van der Waals surface area contributed by atoms with Crippen molar-refractivity contribution in [2.75, 3.05) is 6.54 Å². The van der Waals surface area contributed by atoms with Crippen molar-refractivity contribution >= 4 is 11.3 Å². The smallest absolute Gasteiger partial charge is 0.107 e. The molecule has 1 aromatic carbocycles. The second-order valence-electron chi connectivity index (χ2n) is 6.93. The lowest BCUT2D eigenvalue weighted by atomic mass is 9.93. The molecule has 4 aromatic rings. The van der Waals surface area contributed by atoms with Crippen molar-refractivity contribution in [3.63, 3.8) is 0 Å². The van der Waals surface area contributed by atoms with E-state index >= 15 is 0 Å². The van der Waals surface area contributed by atoms with Crippen molar-refractivity contribution in [1.29, 1.82) is 0 Å². The summed E-state index contributed by atoms with van der Waals surface area (Å²) in [7, 11) is 1.95. The molecule has 3 aromatic heterocycles. The van der Waals surface area contributed by atoms with E-state index < -0.39 is 0 Å². The molecule has 6 nitrogen and oxygen atoms in total. The molecule has 5 rings (SSSR count). The fraction of sp³-hybridized carbons (Fsp3) is 0.250. The Bertz CT molecular complexity index is 1050. The Hall–Kier alpha value is -2.77. The first-order valence-electron chi connectivity index (χ1n) is 8.99. The third kappa shape index (κ3) is 3.20. The van der Waals surface area contributed by atoms with Crippen LogP contribution in [0.5, 0.6) is 0 Å². The van der Waals surface area contributed by atoms with Crippen LogP contribution in [0.3, 0.4) is 0 Å². The number of hydrogen-bond donors (Lipinski definition) is 1. The summed E-state index contributed by atoms with van der Waals surface area (Å²) >= 11 is 1.73. The Labute approximate surface area is 161 Å². The number of rotatable bonds is 4. The average molecular weight is 376 g/mol. The van der Waals surface area contributed by atoms with Gasteiger partial charge in [-0.05, 0) is 0 Å².